The number of allylic oxidation sites excluding steroid dienone is 14. The molecule has 0 heterocycles. The molecule has 0 rings (SSSR count). The molecule has 0 aliphatic rings. The predicted molar refractivity (Wildman–Crippen MR) is 339 cm³/mol. The largest absolute Gasteiger partial charge is 0.462 e. The highest BCUT2D eigenvalue weighted by molar-refractivity contribution is 5.71. The third-order valence-corrected chi connectivity index (χ3v) is 14.6. The van der Waals surface area contributed by atoms with Crippen molar-refractivity contribution in [2.24, 2.45) is 0 Å². The number of carbonyl (C=O) groups excluding carboxylic acids is 3. The van der Waals surface area contributed by atoms with Crippen molar-refractivity contribution >= 4 is 17.9 Å². The summed E-state index contributed by atoms with van der Waals surface area (Å²) < 4.78 is 16.9. The average Bonchev–Trinajstić information content (AvgIpc) is 3.44. The second kappa shape index (κ2) is 66.1. The minimum atomic E-state index is -0.788. The number of hydrogen-bond donors (Lipinski definition) is 0. The first-order valence-corrected chi connectivity index (χ1v) is 33.6. The maximum Gasteiger partial charge on any atom is 0.306 e. The Labute approximate surface area is 484 Å². The quantitative estimate of drug-likeness (QED) is 0.0261. The molecule has 0 bridgehead atoms. The van der Waals surface area contributed by atoms with E-state index in [9.17, 15) is 14.4 Å². The van der Waals surface area contributed by atoms with Gasteiger partial charge in [0.1, 0.15) is 13.2 Å². The van der Waals surface area contributed by atoms with E-state index in [0.29, 0.717) is 19.3 Å². The van der Waals surface area contributed by atoms with Gasteiger partial charge in [-0.1, -0.05) is 286 Å². The summed E-state index contributed by atoms with van der Waals surface area (Å²) in [6.07, 6.45) is 87.4. The summed E-state index contributed by atoms with van der Waals surface area (Å²) in [5, 5.41) is 0. The van der Waals surface area contributed by atoms with E-state index in [1.807, 2.05) is 0 Å². The van der Waals surface area contributed by atoms with Crippen LogP contribution >= 0.6 is 0 Å². The van der Waals surface area contributed by atoms with E-state index in [4.69, 9.17) is 14.2 Å². The number of rotatable bonds is 61. The molecule has 6 heteroatoms. The van der Waals surface area contributed by atoms with Crippen LogP contribution in [-0.4, -0.2) is 37.2 Å². The van der Waals surface area contributed by atoms with Crippen molar-refractivity contribution in [3.8, 4) is 0 Å². The average molecular weight is 1090 g/mol. The lowest BCUT2D eigenvalue weighted by molar-refractivity contribution is -0.167. The lowest BCUT2D eigenvalue weighted by atomic mass is 10.0. The Balaban J connectivity index is 4.31. The number of carbonyl (C=O) groups is 3. The van der Waals surface area contributed by atoms with Crippen molar-refractivity contribution in [1.29, 1.82) is 0 Å². The molecule has 78 heavy (non-hydrogen) atoms. The fraction of sp³-hybridized carbons (Fsp3) is 0.764. The van der Waals surface area contributed by atoms with Gasteiger partial charge in [-0.2, -0.15) is 0 Å². The molecule has 0 radical (unpaired) electrons. The molecule has 0 aromatic heterocycles. The normalized spacial score (nSPS) is 12.6. The molecule has 450 valence electrons. The minimum absolute atomic E-state index is 0.0834. The lowest BCUT2D eigenvalue weighted by Crippen LogP contribution is -2.30. The first-order valence-electron chi connectivity index (χ1n) is 33.6. The number of hydrogen-bond acceptors (Lipinski definition) is 6. The molecular weight excluding hydrogens is 961 g/mol. The van der Waals surface area contributed by atoms with Crippen LogP contribution in [-0.2, 0) is 28.6 Å². The van der Waals surface area contributed by atoms with Crippen LogP contribution in [0, 0.1) is 0 Å². The Kier molecular flexibility index (Phi) is 63.2. The summed E-state index contributed by atoms with van der Waals surface area (Å²) in [5.41, 5.74) is 0. The van der Waals surface area contributed by atoms with Gasteiger partial charge in [-0.25, -0.2) is 0 Å². The highest BCUT2D eigenvalue weighted by Crippen LogP contribution is 2.16. The van der Waals surface area contributed by atoms with Gasteiger partial charge in [-0.05, 0) is 116 Å². The van der Waals surface area contributed by atoms with Gasteiger partial charge in [-0.3, -0.25) is 14.4 Å². The summed E-state index contributed by atoms with van der Waals surface area (Å²) >= 11 is 0. The van der Waals surface area contributed by atoms with E-state index in [1.54, 1.807) is 0 Å². The summed E-state index contributed by atoms with van der Waals surface area (Å²) in [7, 11) is 0. The van der Waals surface area contributed by atoms with Crippen LogP contribution in [0.1, 0.15) is 335 Å². The molecule has 0 saturated heterocycles. The Morgan fingerprint density at radius 2 is 0.500 bits per heavy atom. The third-order valence-electron chi connectivity index (χ3n) is 14.6. The number of esters is 3. The van der Waals surface area contributed by atoms with Crippen molar-refractivity contribution in [2.75, 3.05) is 13.2 Å². The van der Waals surface area contributed by atoms with Crippen LogP contribution in [0.2, 0.25) is 0 Å². The van der Waals surface area contributed by atoms with Crippen LogP contribution in [0.4, 0.5) is 0 Å². The maximum atomic E-state index is 12.9. The lowest BCUT2D eigenvalue weighted by Gasteiger charge is -2.18. The van der Waals surface area contributed by atoms with Gasteiger partial charge in [0.05, 0.1) is 0 Å². The van der Waals surface area contributed by atoms with Crippen LogP contribution in [0.25, 0.3) is 0 Å². The maximum absolute atomic E-state index is 12.9. The van der Waals surface area contributed by atoms with Gasteiger partial charge in [0.2, 0.25) is 0 Å². The molecule has 6 nitrogen and oxygen atoms in total. The molecule has 0 amide bonds. The molecule has 0 saturated carbocycles. The van der Waals surface area contributed by atoms with Gasteiger partial charge < -0.3 is 14.2 Å². The van der Waals surface area contributed by atoms with Crippen molar-refractivity contribution in [2.45, 2.75) is 341 Å². The van der Waals surface area contributed by atoms with Crippen molar-refractivity contribution in [3.63, 3.8) is 0 Å². The summed E-state index contributed by atoms with van der Waals surface area (Å²) in [4.78, 5) is 38.4. The molecule has 1 unspecified atom stereocenters. The molecule has 0 fully saturated rings. The van der Waals surface area contributed by atoms with E-state index < -0.39 is 6.10 Å². The second-order valence-corrected chi connectivity index (χ2v) is 22.3. The second-order valence-electron chi connectivity index (χ2n) is 22.3. The van der Waals surface area contributed by atoms with E-state index in [2.05, 4.69) is 106 Å². The highest BCUT2D eigenvalue weighted by atomic mass is 16.6. The molecule has 0 aliphatic carbocycles. The minimum Gasteiger partial charge on any atom is -0.462 e. The zero-order chi connectivity index (χ0) is 56.4. The Bertz CT molecular complexity index is 1480. The van der Waals surface area contributed by atoms with E-state index in [0.717, 1.165) is 109 Å². The van der Waals surface area contributed by atoms with Gasteiger partial charge in [-0.15, -0.1) is 0 Å². The van der Waals surface area contributed by atoms with Crippen molar-refractivity contribution < 1.29 is 28.6 Å². The predicted octanol–water partition coefficient (Wildman–Crippen LogP) is 23.1. The van der Waals surface area contributed by atoms with Gasteiger partial charge in [0, 0.05) is 19.3 Å². The van der Waals surface area contributed by atoms with Gasteiger partial charge in [0.15, 0.2) is 6.10 Å². The van der Waals surface area contributed by atoms with Gasteiger partial charge in [0.25, 0.3) is 0 Å². The molecule has 1 atom stereocenters. The van der Waals surface area contributed by atoms with E-state index in [-0.39, 0.29) is 31.1 Å². The summed E-state index contributed by atoms with van der Waals surface area (Å²) in [5.74, 6) is -0.893. The van der Waals surface area contributed by atoms with Crippen LogP contribution in [0.3, 0.4) is 0 Å². The fourth-order valence-corrected chi connectivity index (χ4v) is 9.58. The first-order chi connectivity index (χ1) is 38.5. The Morgan fingerprint density at radius 3 is 0.795 bits per heavy atom. The molecular formula is C72H126O6. The zero-order valence-corrected chi connectivity index (χ0v) is 51.7. The fourth-order valence-electron chi connectivity index (χ4n) is 9.58. The van der Waals surface area contributed by atoms with Crippen molar-refractivity contribution in [3.05, 3.63) is 85.1 Å². The number of ether oxygens (including phenoxy) is 3. The smallest absolute Gasteiger partial charge is 0.306 e. The molecule has 0 aromatic carbocycles. The zero-order valence-electron chi connectivity index (χ0n) is 51.7. The third kappa shape index (κ3) is 63.4. The molecule has 0 N–H and O–H groups in total. The summed E-state index contributed by atoms with van der Waals surface area (Å²) in [6.45, 7) is 6.53. The Morgan fingerprint density at radius 1 is 0.269 bits per heavy atom. The van der Waals surface area contributed by atoms with E-state index in [1.165, 1.54) is 186 Å². The SMILES string of the molecule is CC/C=C\C/C=C\C/C=C\CCCCCCCC(=O)OCC(COC(=O)CCCCCCCCCCCCCC/C=C\C/C=C\C/C=C\CCCCCCC)OC(=O)CCCCCCCCC/C=C\CCCCCCCCC. The standard InChI is InChI=1S/C72H126O6/c1-4-7-10-13-16-19-22-25-28-30-32-33-34-35-36-37-38-39-40-42-44-47-50-53-56-59-62-65-71(74)77-68-69(67-76-70(73)64-61-58-55-52-49-46-43-27-24-21-18-15-12-9-6-3)78-72(75)66-63-60-57-54-51-48-45-41-31-29-26-23-20-17-14-11-8-5-2/h9,12,18,21-22,25,27,29-32,34-35,43,69H,4-8,10-11,13-17,19-20,23-24,26,28,33,36-42,44-68H2,1-3H3/b12-9-,21-18-,25-22-,31-29-,32-30-,35-34-,43-27-. The van der Waals surface area contributed by atoms with Crippen LogP contribution in [0.5, 0.6) is 0 Å². The van der Waals surface area contributed by atoms with Crippen LogP contribution < -0.4 is 0 Å². The van der Waals surface area contributed by atoms with Gasteiger partial charge >= 0.3 is 17.9 Å². The first kappa shape index (κ1) is 74.6. The number of unbranched alkanes of at least 4 members (excludes halogenated alkanes) is 36. The van der Waals surface area contributed by atoms with Crippen LogP contribution in [0.15, 0.2) is 85.1 Å². The molecule has 0 aromatic rings. The van der Waals surface area contributed by atoms with Crippen molar-refractivity contribution in [1.82, 2.24) is 0 Å². The highest BCUT2D eigenvalue weighted by Gasteiger charge is 2.19. The Hall–Kier alpha value is -3.41. The topological polar surface area (TPSA) is 78.9 Å². The molecule has 0 spiro atoms. The van der Waals surface area contributed by atoms with E-state index >= 15 is 0 Å². The monoisotopic (exact) mass is 1090 g/mol. The molecule has 0 aliphatic heterocycles. The summed E-state index contributed by atoms with van der Waals surface area (Å²) in [6, 6.07) is 0.